The van der Waals surface area contributed by atoms with E-state index < -0.39 is 0 Å². The Hall–Kier alpha value is -1.81. The molecule has 1 aromatic carbocycles. The van der Waals surface area contributed by atoms with Gasteiger partial charge in [0.25, 0.3) is 0 Å². The molecule has 2 aromatic heterocycles. The molecule has 0 aliphatic heterocycles. The molecule has 5 nitrogen and oxygen atoms in total. The van der Waals surface area contributed by atoms with Crippen LogP contribution in [0.5, 0.6) is 0 Å². The van der Waals surface area contributed by atoms with Gasteiger partial charge in [0, 0.05) is 57.1 Å². The van der Waals surface area contributed by atoms with Crippen LogP contribution >= 0.6 is 11.3 Å². The van der Waals surface area contributed by atoms with E-state index >= 15 is 0 Å². The van der Waals surface area contributed by atoms with Crippen LogP contribution < -0.4 is 4.90 Å². The van der Waals surface area contributed by atoms with Crippen LogP contribution in [0.15, 0.2) is 29.8 Å². The minimum Gasteiger partial charge on any atom is -0.309 e. The van der Waals surface area contributed by atoms with Crippen LogP contribution in [0.3, 0.4) is 0 Å². The molecule has 153 valence electrons. The number of benzene rings is 1. The normalized spacial score (nSPS) is 14.6. The van der Waals surface area contributed by atoms with E-state index in [1.54, 1.807) is 23.8 Å². The second-order valence-corrected chi connectivity index (χ2v) is 8.28. The molecule has 7 heteroatoms. The number of rotatable bonds is 4. The summed E-state index contributed by atoms with van der Waals surface area (Å²) >= 11 is 1.51. The van der Waals surface area contributed by atoms with E-state index in [2.05, 4.69) is 11.1 Å². The van der Waals surface area contributed by atoms with Crippen molar-refractivity contribution in [2.75, 3.05) is 4.90 Å². The number of hydrogen-bond acceptors (Lipinski definition) is 4. The van der Waals surface area contributed by atoms with E-state index in [1.807, 2.05) is 29.3 Å². The predicted octanol–water partition coefficient (Wildman–Crippen LogP) is 4.77. The summed E-state index contributed by atoms with van der Waals surface area (Å²) in [5, 5.41) is 3.61. The van der Waals surface area contributed by atoms with E-state index in [4.69, 9.17) is 0 Å². The average molecular weight is 581 g/mol. The average Bonchev–Trinajstić information content (AvgIpc) is 3.30. The Bertz CT molecular complexity index is 1010. The molecule has 3 aromatic rings. The van der Waals surface area contributed by atoms with E-state index in [-0.39, 0.29) is 44.7 Å². The number of thiazole rings is 1. The molecule has 29 heavy (non-hydrogen) atoms. The Morgan fingerprint density at radius 1 is 1.31 bits per heavy atom. The Balaban J connectivity index is 0.00000240. The van der Waals surface area contributed by atoms with Crippen LogP contribution in [0.25, 0.3) is 10.9 Å². The molecule has 1 amide bonds. The van der Waals surface area contributed by atoms with Gasteiger partial charge in [-0.15, -0.1) is 22.8 Å². The molecule has 0 atom stereocenters. The van der Waals surface area contributed by atoms with Crippen LogP contribution in [0.2, 0.25) is 0 Å². The fourth-order valence-electron chi connectivity index (χ4n) is 4.38. The molecule has 0 bridgehead atoms. The number of carbonyl (C=O) groups excluding carboxylic acids is 2. The van der Waals surface area contributed by atoms with E-state index in [1.165, 1.54) is 17.8 Å². The Kier molecular flexibility index (Phi) is 7.05. The van der Waals surface area contributed by atoms with Crippen molar-refractivity contribution in [2.24, 2.45) is 0 Å². The first kappa shape index (κ1) is 21.9. The zero-order valence-corrected chi connectivity index (χ0v) is 20.2. The van der Waals surface area contributed by atoms with Crippen molar-refractivity contribution in [3.8, 4) is 0 Å². The summed E-state index contributed by atoms with van der Waals surface area (Å²) in [4.78, 5) is 32.0. The first-order valence-electron chi connectivity index (χ1n) is 9.80. The van der Waals surface area contributed by atoms with Crippen molar-refractivity contribution in [1.29, 1.82) is 0 Å². The van der Waals surface area contributed by atoms with Crippen molar-refractivity contribution in [2.45, 2.75) is 58.4 Å². The number of fused-ring (bicyclic) bond motifs is 1. The van der Waals surface area contributed by atoms with Crippen molar-refractivity contribution in [3.63, 3.8) is 0 Å². The molecule has 1 fully saturated rings. The molecule has 1 aliphatic rings. The minimum absolute atomic E-state index is 0. The topological polar surface area (TPSA) is 55.2 Å². The van der Waals surface area contributed by atoms with Crippen molar-refractivity contribution in [3.05, 3.63) is 47.1 Å². The van der Waals surface area contributed by atoms with Crippen LogP contribution in [0, 0.1) is 13.0 Å². The second kappa shape index (κ2) is 9.34. The van der Waals surface area contributed by atoms with E-state index in [0.29, 0.717) is 0 Å². The van der Waals surface area contributed by atoms with Gasteiger partial charge in [-0.2, -0.15) is 18.2 Å². The third kappa shape index (κ3) is 4.23. The summed E-state index contributed by atoms with van der Waals surface area (Å²) in [5.74, 6) is 0.00728. The van der Waals surface area contributed by atoms with Gasteiger partial charge in [0.2, 0.25) is 11.8 Å². The maximum Gasteiger partial charge on any atom is 0.232 e. The quantitative estimate of drug-likeness (QED) is 0.418. The Labute approximate surface area is 188 Å². The molecule has 1 saturated carbocycles. The van der Waals surface area contributed by atoms with Gasteiger partial charge in [-0.05, 0) is 19.8 Å². The van der Waals surface area contributed by atoms with Gasteiger partial charge >= 0.3 is 0 Å². The fourth-order valence-corrected chi connectivity index (χ4v) is 5.11. The SMILES string of the molecule is CC(=O)n1c(C)c(CC(=O)N(c2nccs2)C2CCCCC2)c2c[c-]ccc21.[Re]. The van der Waals surface area contributed by atoms with Gasteiger partial charge in [-0.3, -0.25) is 14.5 Å². The summed E-state index contributed by atoms with van der Waals surface area (Å²) in [6, 6.07) is 8.86. The Morgan fingerprint density at radius 3 is 2.72 bits per heavy atom. The zero-order chi connectivity index (χ0) is 19.7. The molecule has 1 radical (unpaired) electrons. The van der Waals surface area contributed by atoms with Crippen LogP contribution in [-0.2, 0) is 31.6 Å². The van der Waals surface area contributed by atoms with Gasteiger partial charge in [0.1, 0.15) is 0 Å². The number of nitrogens with zero attached hydrogens (tertiary/aromatic N) is 3. The number of anilines is 1. The number of carbonyl (C=O) groups is 2. The number of hydrogen-bond donors (Lipinski definition) is 0. The first-order chi connectivity index (χ1) is 13.6. The maximum atomic E-state index is 13.5. The summed E-state index contributed by atoms with van der Waals surface area (Å²) in [7, 11) is 0. The molecular formula is C22H24N3O2ReS-. The molecule has 0 N–H and O–H groups in total. The van der Waals surface area contributed by atoms with Crippen molar-refractivity contribution in [1.82, 2.24) is 9.55 Å². The predicted molar refractivity (Wildman–Crippen MR) is 112 cm³/mol. The summed E-state index contributed by atoms with van der Waals surface area (Å²) in [5.41, 5.74) is 2.58. The van der Waals surface area contributed by atoms with Crippen LogP contribution in [0.4, 0.5) is 5.13 Å². The van der Waals surface area contributed by atoms with Gasteiger partial charge in [0.15, 0.2) is 5.13 Å². The van der Waals surface area contributed by atoms with Crippen molar-refractivity contribution < 1.29 is 30.0 Å². The molecule has 0 spiro atoms. The summed E-state index contributed by atoms with van der Waals surface area (Å²) < 4.78 is 1.69. The van der Waals surface area contributed by atoms with Gasteiger partial charge in [0.05, 0.1) is 0 Å². The molecular weight excluding hydrogens is 557 g/mol. The maximum absolute atomic E-state index is 13.5. The molecule has 2 heterocycles. The van der Waals surface area contributed by atoms with E-state index in [9.17, 15) is 9.59 Å². The summed E-state index contributed by atoms with van der Waals surface area (Å²) in [6.45, 7) is 3.47. The molecule has 0 unspecified atom stereocenters. The van der Waals surface area contributed by atoms with Crippen molar-refractivity contribution >= 4 is 39.2 Å². The largest absolute Gasteiger partial charge is 0.309 e. The number of aromatic nitrogens is 2. The molecule has 4 rings (SSSR count). The first-order valence-corrected chi connectivity index (χ1v) is 10.7. The third-order valence-corrected chi connectivity index (χ3v) is 6.43. The zero-order valence-electron chi connectivity index (χ0n) is 16.7. The monoisotopic (exact) mass is 581 g/mol. The Morgan fingerprint density at radius 2 is 2.07 bits per heavy atom. The second-order valence-electron chi connectivity index (χ2n) is 7.41. The van der Waals surface area contributed by atoms with Gasteiger partial charge < -0.3 is 4.57 Å². The van der Waals surface area contributed by atoms with Crippen LogP contribution in [-0.4, -0.2) is 27.4 Å². The van der Waals surface area contributed by atoms with Gasteiger partial charge in [-0.1, -0.05) is 30.3 Å². The minimum atomic E-state index is -0.0449. The number of amides is 1. The fraction of sp³-hybridized carbons (Fsp3) is 0.409. The van der Waals surface area contributed by atoms with Gasteiger partial charge in [-0.25, -0.2) is 4.98 Å². The van der Waals surface area contributed by atoms with Crippen LogP contribution in [0.1, 0.15) is 55.1 Å². The van der Waals surface area contributed by atoms with E-state index in [0.717, 1.165) is 53.0 Å². The molecule has 1 aliphatic carbocycles. The summed E-state index contributed by atoms with van der Waals surface area (Å²) in [6.07, 6.45) is 7.59. The smallest absolute Gasteiger partial charge is 0.232 e. The third-order valence-electron chi connectivity index (χ3n) is 5.66. The molecule has 0 saturated heterocycles. The standard InChI is InChI=1S/C22H24N3O2S.Re/c1-15-19(18-10-6-7-11-20(18)24(15)16(2)26)14-21(27)25(22-23-12-13-28-22)17-8-4-3-5-9-17;/h7,10-13,17H,3-5,8-9,14H2,1-2H3;/q-1;.